The van der Waals surface area contributed by atoms with Crippen LogP contribution in [0.2, 0.25) is 0 Å². The second-order valence-corrected chi connectivity index (χ2v) is 30.4. The third kappa shape index (κ3) is 68.6. The van der Waals surface area contributed by atoms with E-state index in [0.717, 1.165) is 96.3 Å². The molecule has 0 aromatic rings. The normalized spacial score (nSPS) is 14.0. The van der Waals surface area contributed by atoms with E-state index in [2.05, 4.69) is 34.6 Å². The van der Waals surface area contributed by atoms with Gasteiger partial charge in [0.15, 0.2) is 12.2 Å². The fourth-order valence-electron chi connectivity index (χ4n) is 11.5. The van der Waals surface area contributed by atoms with E-state index in [4.69, 9.17) is 37.0 Å². The minimum absolute atomic E-state index is 0.106. The fourth-order valence-corrected chi connectivity index (χ4v) is 13.1. The summed E-state index contributed by atoms with van der Waals surface area (Å²) in [5.74, 6) is -1.44. The fraction of sp³-hybridized carbons (Fsp3) is 0.947. The van der Waals surface area contributed by atoms with E-state index in [-0.39, 0.29) is 25.7 Å². The maximum Gasteiger partial charge on any atom is 0.472 e. The molecule has 0 radical (unpaired) electrons. The molecule has 0 rings (SSSR count). The second-order valence-electron chi connectivity index (χ2n) is 27.5. The first-order valence-corrected chi connectivity index (χ1v) is 42.1. The molecular formula is C75H146O17P2. The van der Waals surface area contributed by atoms with Gasteiger partial charge in [-0.2, -0.15) is 0 Å². The molecule has 5 atom stereocenters. The Hall–Kier alpha value is -1.94. The molecule has 0 saturated carbocycles. The van der Waals surface area contributed by atoms with Gasteiger partial charge < -0.3 is 33.8 Å². The van der Waals surface area contributed by atoms with Crippen LogP contribution >= 0.6 is 15.6 Å². The van der Waals surface area contributed by atoms with E-state index in [0.29, 0.717) is 31.6 Å². The van der Waals surface area contributed by atoms with Crippen molar-refractivity contribution in [1.29, 1.82) is 0 Å². The molecule has 0 aliphatic carbocycles. The molecule has 2 unspecified atom stereocenters. The van der Waals surface area contributed by atoms with Crippen molar-refractivity contribution in [3.63, 3.8) is 0 Å². The van der Waals surface area contributed by atoms with Crippen LogP contribution in [0.15, 0.2) is 0 Å². The summed E-state index contributed by atoms with van der Waals surface area (Å²) >= 11 is 0. The van der Waals surface area contributed by atoms with Gasteiger partial charge in [-0.25, -0.2) is 9.13 Å². The highest BCUT2D eigenvalue weighted by atomic mass is 31.2. The van der Waals surface area contributed by atoms with Crippen molar-refractivity contribution in [3.05, 3.63) is 0 Å². The molecule has 0 bridgehead atoms. The van der Waals surface area contributed by atoms with Crippen LogP contribution < -0.4 is 0 Å². The Morgan fingerprint density at radius 2 is 0.489 bits per heavy atom. The highest BCUT2D eigenvalue weighted by Gasteiger charge is 2.30. The third-order valence-electron chi connectivity index (χ3n) is 17.5. The number of aliphatic hydroxyl groups is 1. The molecule has 0 aliphatic heterocycles. The number of unbranched alkanes of at least 4 members (excludes halogenated alkanes) is 47. The zero-order valence-corrected chi connectivity index (χ0v) is 62.9. The summed E-state index contributed by atoms with van der Waals surface area (Å²) in [6.07, 6.45) is 57.1. The van der Waals surface area contributed by atoms with E-state index >= 15 is 0 Å². The first-order chi connectivity index (χ1) is 45.5. The number of aliphatic hydroxyl groups excluding tert-OH is 1. The number of esters is 4. The predicted molar refractivity (Wildman–Crippen MR) is 382 cm³/mol. The predicted octanol–water partition coefficient (Wildman–Crippen LogP) is 22.1. The van der Waals surface area contributed by atoms with E-state index in [1.807, 2.05) is 0 Å². The van der Waals surface area contributed by atoms with Crippen LogP contribution in [0, 0.1) is 5.92 Å². The van der Waals surface area contributed by atoms with Crippen molar-refractivity contribution in [2.45, 2.75) is 412 Å². The molecule has 0 spiro atoms. The first kappa shape index (κ1) is 92.1. The molecule has 0 fully saturated rings. The van der Waals surface area contributed by atoms with Gasteiger partial charge in [0, 0.05) is 25.7 Å². The Morgan fingerprint density at radius 3 is 0.723 bits per heavy atom. The number of rotatable bonds is 75. The summed E-state index contributed by atoms with van der Waals surface area (Å²) in [4.78, 5) is 72.6. The average Bonchev–Trinajstić information content (AvgIpc) is 1.26. The maximum atomic E-state index is 13.1. The van der Waals surface area contributed by atoms with E-state index in [1.165, 1.54) is 212 Å². The van der Waals surface area contributed by atoms with Gasteiger partial charge in [0.1, 0.15) is 19.3 Å². The average molecular weight is 1380 g/mol. The second kappa shape index (κ2) is 68.2. The highest BCUT2D eigenvalue weighted by molar-refractivity contribution is 7.47. The van der Waals surface area contributed by atoms with Gasteiger partial charge in [-0.3, -0.25) is 37.3 Å². The summed E-state index contributed by atoms with van der Waals surface area (Å²) in [7, 11) is -9.90. The Kier molecular flexibility index (Phi) is 66.8. The van der Waals surface area contributed by atoms with Gasteiger partial charge in [-0.1, -0.05) is 343 Å². The van der Waals surface area contributed by atoms with Crippen LogP contribution in [0.4, 0.5) is 0 Å². The number of hydrogen-bond acceptors (Lipinski definition) is 15. The number of ether oxygens (including phenoxy) is 4. The minimum Gasteiger partial charge on any atom is -0.462 e. The van der Waals surface area contributed by atoms with E-state index < -0.39 is 97.5 Å². The topological polar surface area (TPSA) is 237 Å². The Morgan fingerprint density at radius 1 is 0.287 bits per heavy atom. The van der Waals surface area contributed by atoms with Crippen molar-refractivity contribution < 1.29 is 80.2 Å². The quantitative estimate of drug-likeness (QED) is 0.0222. The van der Waals surface area contributed by atoms with Crippen molar-refractivity contribution in [2.75, 3.05) is 39.6 Å². The van der Waals surface area contributed by atoms with Gasteiger partial charge >= 0.3 is 39.5 Å². The van der Waals surface area contributed by atoms with Gasteiger partial charge in [-0.15, -0.1) is 0 Å². The molecule has 17 nitrogen and oxygen atoms in total. The summed E-state index contributed by atoms with van der Waals surface area (Å²) in [6, 6.07) is 0. The van der Waals surface area contributed by atoms with E-state index in [9.17, 15) is 43.2 Å². The summed E-state index contributed by atoms with van der Waals surface area (Å²) in [5, 5.41) is 10.6. The van der Waals surface area contributed by atoms with Crippen LogP contribution in [-0.4, -0.2) is 96.7 Å². The summed E-state index contributed by atoms with van der Waals surface area (Å²) in [5.41, 5.74) is 0. The Labute approximate surface area is 575 Å². The monoisotopic (exact) mass is 1380 g/mol. The molecule has 0 saturated heterocycles. The largest absolute Gasteiger partial charge is 0.472 e. The molecule has 0 aromatic carbocycles. The lowest BCUT2D eigenvalue weighted by atomic mass is 10.0. The first-order valence-electron chi connectivity index (χ1n) is 39.1. The SMILES string of the molecule is CCCCCCCCCCCCCCCCCCCCCCCC(=O)O[C@H](COC(=O)CCCCCCCCCCCCCCCC)COP(=O)(O)OC[C@@H](O)COP(=O)(O)OC[C@@H](COC(=O)CCCCCCCCC(C)C)OC(=O)CCCCCCCCCCCC. The van der Waals surface area contributed by atoms with Gasteiger partial charge in [-0.05, 0) is 31.6 Å². The smallest absolute Gasteiger partial charge is 0.462 e. The van der Waals surface area contributed by atoms with Crippen LogP contribution in [0.3, 0.4) is 0 Å². The van der Waals surface area contributed by atoms with Crippen LogP contribution in [0.5, 0.6) is 0 Å². The van der Waals surface area contributed by atoms with E-state index in [1.54, 1.807) is 0 Å². The van der Waals surface area contributed by atoms with Crippen molar-refractivity contribution >= 4 is 39.5 Å². The molecule has 19 heteroatoms. The van der Waals surface area contributed by atoms with Crippen molar-refractivity contribution in [1.82, 2.24) is 0 Å². The standard InChI is InChI=1S/C75H146O17P2/c1-6-9-12-15-18-21-24-26-28-29-30-31-32-33-34-36-38-41-44-51-56-61-75(80)91-70(64-85-72(77)58-53-48-42-40-37-35-27-25-22-19-16-13-10-7-2)66-89-93(81,82)87-62-69(76)63-88-94(83,84)90-67-71(65-86-73(78)59-54-49-46-45-47-52-57-68(4)5)92-74(79)60-55-50-43-39-23-20-17-14-11-8-3/h68-71,76H,6-67H2,1-5H3,(H,81,82)(H,83,84)/t69-,70-,71-/m1/s1. The van der Waals surface area contributed by atoms with Crippen molar-refractivity contribution in [2.24, 2.45) is 5.92 Å². The molecule has 558 valence electrons. The molecule has 0 aromatic heterocycles. The van der Waals surface area contributed by atoms with Crippen molar-refractivity contribution in [3.8, 4) is 0 Å². The van der Waals surface area contributed by atoms with Crippen LogP contribution in [-0.2, 0) is 65.4 Å². The number of carbonyl (C=O) groups is 4. The van der Waals surface area contributed by atoms with Gasteiger partial charge in [0.2, 0.25) is 0 Å². The van der Waals surface area contributed by atoms with Gasteiger partial charge in [0.05, 0.1) is 26.4 Å². The Balaban J connectivity index is 5.17. The van der Waals surface area contributed by atoms with Crippen LogP contribution in [0.1, 0.15) is 394 Å². The minimum atomic E-state index is -4.95. The molecule has 0 amide bonds. The molecule has 3 N–H and O–H groups in total. The van der Waals surface area contributed by atoms with Gasteiger partial charge in [0.25, 0.3) is 0 Å². The molecule has 94 heavy (non-hydrogen) atoms. The lowest BCUT2D eigenvalue weighted by molar-refractivity contribution is -0.161. The number of phosphoric acid groups is 2. The summed E-state index contributed by atoms with van der Waals surface area (Å²) in [6.45, 7) is 7.19. The number of phosphoric ester groups is 2. The zero-order valence-electron chi connectivity index (χ0n) is 61.1. The number of hydrogen-bond donors (Lipinski definition) is 3. The zero-order chi connectivity index (χ0) is 69.1. The molecular weight excluding hydrogens is 1230 g/mol. The maximum absolute atomic E-state index is 13.1. The van der Waals surface area contributed by atoms with Crippen LogP contribution in [0.25, 0.3) is 0 Å². The highest BCUT2D eigenvalue weighted by Crippen LogP contribution is 2.45. The lowest BCUT2D eigenvalue weighted by Crippen LogP contribution is -2.30. The summed E-state index contributed by atoms with van der Waals surface area (Å²) < 4.78 is 68.4. The number of carbonyl (C=O) groups excluding carboxylic acids is 4. The molecule has 0 heterocycles. The Bertz CT molecular complexity index is 1810. The lowest BCUT2D eigenvalue weighted by Gasteiger charge is -2.21. The third-order valence-corrected chi connectivity index (χ3v) is 19.4. The molecule has 0 aliphatic rings.